The van der Waals surface area contributed by atoms with Crippen LogP contribution in [-0.4, -0.2) is 30.6 Å². The highest BCUT2D eigenvalue weighted by Gasteiger charge is 2.26. The summed E-state index contributed by atoms with van der Waals surface area (Å²) in [6.45, 7) is 10.3. The number of hydrogen-bond acceptors (Lipinski definition) is 3. The van der Waals surface area contributed by atoms with Crippen molar-refractivity contribution in [3.8, 4) is 0 Å². The van der Waals surface area contributed by atoms with Crippen LogP contribution in [0.2, 0.25) is 0 Å². The highest BCUT2D eigenvalue weighted by atomic mass is 16.3. The van der Waals surface area contributed by atoms with Crippen LogP contribution in [0.5, 0.6) is 0 Å². The highest BCUT2D eigenvalue weighted by molar-refractivity contribution is 5.06. The number of likely N-dealkylation sites (tertiary alicyclic amines) is 1. The van der Waals surface area contributed by atoms with Gasteiger partial charge in [0.1, 0.15) is 5.76 Å². The lowest BCUT2D eigenvalue weighted by molar-refractivity contribution is 0.200. The zero-order chi connectivity index (χ0) is 15.1. The van der Waals surface area contributed by atoms with E-state index in [1.165, 1.54) is 45.2 Å². The van der Waals surface area contributed by atoms with E-state index in [0.717, 1.165) is 18.2 Å². The monoisotopic (exact) mass is 292 g/mol. The fourth-order valence-corrected chi connectivity index (χ4v) is 3.27. The van der Waals surface area contributed by atoms with Gasteiger partial charge in [0.25, 0.3) is 0 Å². The third kappa shape index (κ3) is 4.86. The topological polar surface area (TPSA) is 28.4 Å². The van der Waals surface area contributed by atoms with E-state index in [0.29, 0.717) is 12.1 Å². The average molecular weight is 292 g/mol. The van der Waals surface area contributed by atoms with E-state index in [-0.39, 0.29) is 0 Å². The van der Waals surface area contributed by atoms with Gasteiger partial charge in [-0.05, 0) is 56.8 Å². The Labute approximate surface area is 130 Å². The molecule has 1 aliphatic heterocycles. The summed E-state index contributed by atoms with van der Waals surface area (Å²) in [5.41, 5.74) is 0. The summed E-state index contributed by atoms with van der Waals surface area (Å²) in [6, 6.07) is 5.16. The van der Waals surface area contributed by atoms with Crippen molar-refractivity contribution in [3.05, 3.63) is 24.2 Å². The van der Waals surface area contributed by atoms with Crippen LogP contribution >= 0.6 is 0 Å². The highest BCUT2D eigenvalue weighted by Crippen LogP contribution is 2.25. The predicted octanol–water partition coefficient (Wildman–Crippen LogP) is 4.22. The van der Waals surface area contributed by atoms with E-state index in [2.05, 4.69) is 37.1 Å². The van der Waals surface area contributed by atoms with Crippen LogP contribution in [0, 0.1) is 5.92 Å². The number of rotatable bonds is 9. The van der Waals surface area contributed by atoms with Gasteiger partial charge in [0, 0.05) is 12.6 Å². The molecule has 0 aromatic carbocycles. The molecule has 2 rings (SSSR count). The quantitative estimate of drug-likeness (QED) is 0.738. The van der Waals surface area contributed by atoms with Gasteiger partial charge in [0.05, 0.1) is 12.3 Å². The predicted molar refractivity (Wildman–Crippen MR) is 88.4 cm³/mol. The Morgan fingerprint density at radius 3 is 2.57 bits per heavy atom. The van der Waals surface area contributed by atoms with Crippen molar-refractivity contribution >= 4 is 0 Å². The molecule has 1 aromatic rings. The molecule has 3 atom stereocenters. The van der Waals surface area contributed by atoms with Gasteiger partial charge in [-0.25, -0.2) is 0 Å². The summed E-state index contributed by atoms with van der Waals surface area (Å²) >= 11 is 0. The summed E-state index contributed by atoms with van der Waals surface area (Å²) < 4.78 is 5.69. The van der Waals surface area contributed by atoms with E-state index in [1.807, 2.05) is 6.07 Å². The van der Waals surface area contributed by atoms with Crippen molar-refractivity contribution < 1.29 is 4.42 Å². The Bertz CT molecular complexity index is 371. The molecule has 0 radical (unpaired) electrons. The third-order valence-electron chi connectivity index (χ3n) is 4.93. The Morgan fingerprint density at radius 1 is 1.24 bits per heavy atom. The smallest absolute Gasteiger partial charge is 0.122 e. The van der Waals surface area contributed by atoms with Crippen LogP contribution in [-0.2, 0) is 0 Å². The van der Waals surface area contributed by atoms with Gasteiger partial charge >= 0.3 is 0 Å². The number of furan rings is 1. The molecule has 0 spiro atoms. The Morgan fingerprint density at radius 2 is 2.00 bits per heavy atom. The van der Waals surface area contributed by atoms with Crippen LogP contribution in [0.3, 0.4) is 0 Å². The largest absolute Gasteiger partial charge is 0.468 e. The maximum atomic E-state index is 5.69. The molecule has 120 valence electrons. The van der Waals surface area contributed by atoms with Crippen LogP contribution in [0.25, 0.3) is 0 Å². The molecule has 0 amide bonds. The zero-order valence-electron chi connectivity index (χ0n) is 14.0. The number of nitrogens with one attached hydrogen (secondary N) is 1. The Hall–Kier alpha value is -0.800. The fraction of sp³-hybridized carbons (Fsp3) is 0.778. The van der Waals surface area contributed by atoms with Crippen LogP contribution in [0.15, 0.2) is 22.8 Å². The summed E-state index contributed by atoms with van der Waals surface area (Å²) in [7, 11) is 0. The first-order valence-corrected chi connectivity index (χ1v) is 8.75. The molecule has 0 aliphatic carbocycles. The zero-order valence-corrected chi connectivity index (χ0v) is 14.0. The first-order chi connectivity index (χ1) is 10.2. The van der Waals surface area contributed by atoms with Gasteiger partial charge < -0.3 is 9.73 Å². The minimum absolute atomic E-state index is 0.397. The van der Waals surface area contributed by atoms with E-state index >= 15 is 0 Å². The molecule has 3 heteroatoms. The number of hydrogen-bond donors (Lipinski definition) is 1. The van der Waals surface area contributed by atoms with E-state index in [1.54, 1.807) is 6.26 Å². The second-order valence-electron chi connectivity index (χ2n) is 6.54. The Balaban J connectivity index is 1.92. The molecule has 2 heterocycles. The van der Waals surface area contributed by atoms with E-state index in [4.69, 9.17) is 4.42 Å². The molecule has 0 saturated carbocycles. The van der Waals surface area contributed by atoms with Crippen molar-refractivity contribution in [1.82, 2.24) is 10.2 Å². The lowest BCUT2D eigenvalue weighted by Crippen LogP contribution is -2.39. The minimum atomic E-state index is 0.397. The average Bonchev–Trinajstić information content (AvgIpc) is 3.19. The molecule has 3 nitrogen and oxygen atoms in total. The van der Waals surface area contributed by atoms with Crippen molar-refractivity contribution in [2.24, 2.45) is 5.92 Å². The van der Waals surface area contributed by atoms with Gasteiger partial charge in [0.15, 0.2) is 0 Å². The molecule has 1 fully saturated rings. The molecular weight excluding hydrogens is 260 g/mol. The van der Waals surface area contributed by atoms with Crippen molar-refractivity contribution in [2.75, 3.05) is 19.6 Å². The summed E-state index contributed by atoms with van der Waals surface area (Å²) in [5, 5.41) is 3.80. The van der Waals surface area contributed by atoms with E-state index < -0.39 is 0 Å². The standard InChI is InChI=1S/C18H32N2O/c1-4-15(3)13-16(5-2)19-14-17(18-9-8-12-21-18)20-10-6-7-11-20/h8-9,12,15-17,19H,4-7,10-11,13-14H2,1-3H3. The normalized spacial score (nSPS) is 20.5. The van der Waals surface area contributed by atoms with Gasteiger partial charge in [0.2, 0.25) is 0 Å². The first-order valence-electron chi connectivity index (χ1n) is 8.75. The molecule has 3 unspecified atom stereocenters. The van der Waals surface area contributed by atoms with Crippen molar-refractivity contribution in [3.63, 3.8) is 0 Å². The molecule has 1 saturated heterocycles. The lowest BCUT2D eigenvalue weighted by Gasteiger charge is -2.29. The van der Waals surface area contributed by atoms with Crippen LogP contribution < -0.4 is 5.32 Å². The molecule has 1 aliphatic rings. The van der Waals surface area contributed by atoms with Gasteiger partial charge in [-0.3, -0.25) is 4.90 Å². The molecule has 21 heavy (non-hydrogen) atoms. The summed E-state index contributed by atoms with van der Waals surface area (Å²) in [4.78, 5) is 2.57. The van der Waals surface area contributed by atoms with E-state index in [9.17, 15) is 0 Å². The lowest BCUT2D eigenvalue weighted by atomic mass is 9.97. The van der Waals surface area contributed by atoms with Crippen LogP contribution in [0.4, 0.5) is 0 Å². The van der Waals surface area contributed by atoms with Gasteiger partial charge in [-0.2, -0.15) is 0 Å². The summed E-state index contributed by atoms with van der Waals surface area (Å²) in [5.74, 6) is 1.92. The molecule has 1 aromatic heterocycles. The Kier molecular flexibility index (Phi) is 6.78. The molecular formula is C18H32N2O. The first kappa shape index (κ1) is 16.6. The molecule has 1 N–H and O–H groups in total. The second kappa shape index (κ2) is 8.60. The SMILES string of the molecule is CCC(C)CC(CC)NCC(c1ccco1)N1CCCC1. The maximum Gasteiger partial charge on any atom is 0.122 e. The second-order valence-corrected chi connectivity index (χ2v) is 6.54. The third-order valence-corrected chi connectivity index (χ3v) is 4.93. The van der Waals surface area contributed by atoms with Crippen molar-refractivity contribution in [1.29, 1.82) is 0 Å². The maximum absolute atomic E-state index is 5.69. The number of nitrogens with zero attached hydrogens (tertiary/aromatic N) is 1. The van der Waals surface area contributed by atoms with Gasteiger partial charge in [-0.1, -0.05) is 27.2 Å². The van der Waals surface area contributed by atoms with Gasteiger partial charge in [-0.15, -0.1) is 0 Å². The fourth-order valence-electron chi connectivity index (χ4n) is 3.27. The molecule has 0 bridgehead atoms. The van der Waals surface area contributed by atoms with Crippen LogP contribution in [0.1, 0.15) is 64.7 Å². The minimum Gasteiger partial charge on any atom is -0.468 e. The van der Waals surface area contributed by atoms with Crippen molar-refractivity contribution in [2.45, 2.75) is 65.0 Å². The summed E-state index contributed by atoms with van der Waals surface area (Å²) in [6.07, 6.45) is 8.19.